The van der Waals surface area contributed by atoms with Crippen LogP contribution in [0.4, 0.5) is 18.9 Å². The molecule has 9 heteroatoms. The lowest BCUT2D eigenvalue weighted by Gasteiger charge is -2.32. The molecular formula is C34H29F3N4O2. The van der Waals surface area contributed by atoms with E-state index in [9.17, 15) is 22.8 Å². The van der Waals surface area contributed by atoms with Crippen molar-refractivity contribution in [2.75, 3.05) is 18.4 Å². The van der Waals surface area contributed by atoms with Crippen LogP contribution in [0.3, 0.4) is 0 Å². The van der Waals surface area contributed by atoms with Gasteiger partial charge in [0.25, 0.3) is 0 Å². The predicted octanol–water partition coefficient (Wildman–Crippen LogP) is 7.01. The normalized spacial score (nSPS) is 14.2. The number of benzene rings is 4. The molecule has 218 valence electrons. The van der Waals surface area contributed by atoms with E-state index in [1.54, 1.807) is 12.1 Å². The fourth-order valence-electron chi connectivity index (χ4n) is 5.75. The number of fused-ring (bicyclic) bond motifs is 1. The molecule has 1 aliphatic rings. The number of carbonyl (C=O) groups is 2. The Kier molecular flexibility index (Phi) is 7.82. The van der Waals surface area contributed by atoms with Gasteiger partial charge < -0.3 is 5.32 Å². The first-order valence-corrected chi connectivity index (χ1v) is 14.1. The van der Waals surface area contributed by atoms with Gasteiger partial charge in [0.1, 0.15) is 17.2 Å². The Bertz CT molecular complexity index is 1810. The number of nitrogens with zero attached hydrogens (tertiary/aromatic N) is 3. The number of ketones is 1. The van der Waals surface area contributed by atoms with E-state index in [1.807, 2.05) is 30.3 Å². The van der Waals surface area contributed by atoms with Crippen molar-refractivity contribution in [1.29, 1.82) is 0 Å². The Morgan fingerprint density at radius 2 is 1.60 bits per heavy atom. The molecule has 1 aliphatic heterocycles. The molecule has 1 aromatic heterocycles. The van der Waals surface area contributed by atoms with Crippen LogP contribution in [0.25, 0.3) is 16.7 Å². The van der Waals surface area contributed by atoms with Crippen LogP contribution in [-0.4, -0.2) is 39.2 Å². The number of halogens is 3. The molecule has 0 saturated carbocycles. The third-order valence-corrected chi connectivity index (χ3v) is 7.85. The van der Waals surface area contributed by atoms with Crippen LogP contribution in [0.5, 0.6) is 0 Å². The fourth-order valence-corrected chi connectivity index (χ4v) is 5.75. The molecular weight excluding hydrogens is 553 g/mol. The molecule has 0 bridgehead atoms. The lowest BCUT2D eigenvalue weighted by Crippen LogP contribution is -2.32. The molecule has 1 fully saturated rings. The van der Waals surface area contributed by atoms with E-state index >= 15 is 0 Å². The second-order valence-electron chi connectivity index (χ2n) is 10.9. The number of imidazole rings is 1. The summed E-state index contributed by atoms with van der Waals surface area (Å²) in [7, 11) is 0. The van der Waals surface area contributed by atoms with Crippen LogP contribution >= 0.6 is 0 Å². The Labute approximate surface area is 246 Å². The minimum atomic E-state index is -0.885. The standard InChI is InChI=1S/C34H29F3N4O2/c1-21(42)38-28-4-2-3-25(17-28)23-13-15-40(16-14-23)20-22-5-7-24(8-6-22)33(43)34-39-32-30(37)18-27(36)19-31(32)41(34)29-11-9-26(35)10-12-29/h2-12,17-19,23H,13-16,20H2,1H3,(H,38,42). The summed E-state index contributed by atoms with van der Waals surface area (Å²) in [5.74, 6) is -2.39. The van der Waals surface area contributed by atoms with Crippen LogP contribution < -0.4 is 5.32 Å². The molecule has 2 heterocycles. The number of nitrogens with one attached hydrogen (secondary N) is 1. The summed E-state index contributed by atoms with van der Waals surface area (Å²) >= 11 is 0. The summed E-state index contributed by atoms with van der Waals surface area (Å²) < 4.78 is 43.8. The van der Waals surface area contributed by atoms with Crippen LogP contribution in [0, 0.1) is 17.5 Å². The first-order chi connectivity index (χ1) is 20.7. The molecule has 1 saturated heterocycles. The van der Waals surface area contributed by atoms with Crippen LogP contribution in [0.2, 0.25) is 0 Å². The van der Waals surface area contributed by atoms with Crippen molar-refractivity contribution in [3.05, 3.63) is 125 Å². The number of piperidine rings is 1. The maximum absolute atomic E-state index is 14.6. The van der Waals surface area contributed by atoms with Crippen molar-refractivity contribution in [3.63, 3.8) is 0 Å². The zero-order valence-electron chi connectivity index (χ0n) is 23.5. The van der Waals surface area contributed by atoms with Crippen molar-refractivity contribution in [3.8, 4) is 5.69 Å². The Hall–Kier alpha value is -4.76. The number of anilines is 1. The monoisotopic (exact) mass is 582 g/mol. The highest BCUT2D eigenvalue weighted by atomic mass is 19.1. The van der Waals surface area contributed by atoms with Crippen LogP contribution in [0.1, 0.15) is 53.0 Å². The largest absolute Gasteiger partial charge is 0.326 e. The van der Waals surface area contributed by atoms with E-state index < -0.39 is 23.2 Å². The molecule has 0 unspecified atom stereocenters. The number of carbonyl (C=O) groups excluding carboxylic acids is 2. The van der Waals surface area contributed by atoms with Crippen molar-refractivity contribution < 1.29 is 22.8 Å². The van der Waals surface area contributed by atoms with Gasteiger partial charge in [-0.15, -0.1) is 0 Å². The van der Waals surface area contributed by atoms with Gasteiger partial charge in [-0.1, -0.05) is 36.4 Å². The third-order valence-electron chi connectivity index (χ3n) is 7.85. The lowest BCUT2D eigenvalue weighted by atomic mass is 9.89. The van der Waals surface area contributed by atoms with E-state index in [0.29, 0.717) is 17.2 Å². The van der Waals surface area contributed by atoms with Gasteiger partial charge in [-0.05, 0) is 79.4 Å². The molecule has 0 spiro atoms. The predicted molar refractivity (Wildman–Crippen MR) is 159 cm³/mol. The highest BCUT2D eigenvalue weighted by Gasteiger charge is 2.24. The van der Waals surface area contributed by atoms with E-state index in [-0.39, 0.29) is 22.8 Å². The molecule has 0 radical (unpaired) electrons. The Balaban J connectivity index is 1.17. The summed E-state index contributed by atoms with van der Waals surface area (Å²) in [5, 5.41) is 2.85. The summed E-state index contributed by atoms with van der Waals surface area (Å²) in [4.78, 5) is 31.7. The smallest absolute Gasteiger partial charge is 0.228 e. The molecule has 0 atom stereocenters. The minimum absolute atomic E-state index is 0.0781. The molecule has 6 rings (SSSR count). The molecule has 4 aromatic carbocycles. The molecule has 1 amide bonds. The van der Waals surface area contributed by atoms with E-state index in [0.717, 1.165) is 55.9 Å². The van der Waals surface area contributed by atoms with Crippen molar-refractivity contribution in [2.45, 2.75) is 32.2 Å². The molecule has 43 heavy (non-hydrogen) atoms. The average Bonchev–Trinajstić information content (AvgIpc) is 3.37. The number of rotatable bonds is 7. The summed E-state index contributed by atoms with van der Waals surface area (Å²) in [6.45, 7) is 4.06. The van der Waals surface area contributed by atoms with Crippen LogP contribution in [0.15, 0.2) is 84.9 Å². The van der Waals surface area contributed by atoms with E-state index in [4.69, 9.17) is 0 Å². The molecule has 6 nitrogen and oxygen atoms in total. The summed E-state index contributed by atoms with van der Waals surface area (Å²) in [6, 6.07) is 22.3. The first-order valence-electron chi connectivity index (χ1n) is 14.1. The summed E-state index contributed by atoms with van der Waals surface area (Å²) in [5.41, 5.74) is 3.73. The minimum Gasteiger partial charge on any atom is -0.326 e. The zero-order chi connectivity index (χ0) is 30.1. The Morgan fingerprint density at radius 1 is 0.884 bits per heavy atom. The summed E-state index contributed by atoms with van der Waals surface area (Å²) in [6.07, 6.45) is 1.99. The van der Waals surface area contributed by atoms with Gasteiger partial charge >= 0.3 is 0 Å². The van der Waals surface area contributed by atoms with Crippen molar-refractivity contribution >= 4 is 28.4 Å². The second kappa shape index (κ2) is 11.9. The Morgan fingerprint density at radius 3 is 2.30 bits per heavy atom. The maximum atomic E-state index is 14.6. The number of aromatic nitrogens is 2. The fraction of sp³-hybridized carbons (Fsp3) is 0.206. The maximum Gasteiger partial charge on any atom is 0.228 e. The van der Waals surface area contributed by atoms with Gasteiger partial charge in [0, 0.05) is 42.5 Å². The highest BCUT2D eigenvalue weighted by molar-refractivity contribution is 6.09. The van der Waals surface area contributed by atoms with Gasteiger partial charge in [-0.3, -0.25) is 19.1 Å². The zero-order valence-corrected chi connectivity index (χ0v) is 23.5. The number of hydrogen-bond donors (Lipinski definition) is 1. The quantitative estimate of drug-likeness (QED) is 0.210. The lowest BCUT2D eigenvalue weighted by molar-refractivity contribution is -0.114. The van der Waals surface area contributed by atoms with Gasteiger partial charge in [0.15, 0.2) is 11.6 Å². The molecule has 1 N–H and O–H groups in total. The van der Waals surface area contributed by atoms with Gasteiger partial charge in [0.2, 0.25) is 11.7 Å². The number of hydrogen-bond acceptors (Lipinski definition) is 4. The third kappa shape index (κ3) is 6.08. The molecule has 5 aromatic rings. The average molecular weight is 583 g/mol. The van der Waals surface area contributed by atoms with Gasteiger partial charge in [-0.2, -0.15) is 0 Å². The topological polar surface area (TPSA) is 67.2 Å². The van der Waals surface area contributed by atoms with E-state index in [1.165, 1.54) is 41.3 Å². The van der Waals surface area contributed by atoms with Crippen LogP contribution in [-0.2, 0) is 11.3 Å². The molecule has 0 aliphatic carbocycles. The SMILES string of the molecule is CC(=O)Nc1cccc(C2CCN(Cc3ccc(C(=O)c4nc5c(F)cc(F)cc5n4-c4ccc(F)cc4)cc3)CC2)c1. The first kappa shape index (κ1) is 28.4. The number of amides is 1. The van der Waals surface area contributed by atoms with Crippen molar-refractivity contribution in [1.82, 2.24) is 14.5 Å². The highest BCUT2D eigenvalue weighted by Crippen LogP contribution is 2.31. The second-order valence-corrected chi connectivity index (χ2v) is 10.9. The van der Waals surface area contributed by atoms with Gasteiger partial charge in [0.05, 0.1) is 5.52 Å². The van der Waals surface area contributed by atoms with Crippen molar-refractivity contribution in [2.24, 2.45) is 0 Å². The van der Waals surface area contributed by atoms with E-state index in [2.05, 4.69) is 21.3 Å². The number of likely N-dealkylation sites (tertiary alicyclic amines) is 1. The van der Waals surface area contributed by atoms with Gasteiger partial charge in [-0.25, -0.2) is 18.2 Å².